The van der Waals surface area contributed by atoms with E-state index < -0.39 is 0 Å². The molecule has 3 nitrogen and oxygen atoms in total. The van der Waals surface area contributed by atoms with Crippen molar-refractivity contribution >= 4 is 28.7 Å². The summed E-state index contributed by atoms with van der Waals surface area (Å²) in [6.45, 7) is 8.58. The lowest BCUT2D eigenvalue weighted by atomic mass is 9.86. The van der Waals surface area contributed by atoms with Crippen LogP contribution in [0.1, 0.15) is 38.8 Å². The van der Waals surface area contributed by atoms with Crippen molar-refractivity contribution in [3.63, 3.8) is 0 Å². The number of para-hydroxylation sites is 1. The summed E-state index contributed by atoms with van der Waals surface area (Å²) in [6.07, 6.45) is 0. The van der Waals surface area contributed by atoms with Crippen LogP contribution < -0.4 is 10.7 Å². The highest BCUT2D eigenvalue weighted by atomic mass is 32.1. The predicted molar refractivity (Wildman–Crippen MR) is 103 cm³/mol. The maximum absolute atomic E-state index is 5.24. The van der Waals surface area contributed by atoms with Crippen LogP contribution in [0.2, 0.25) is 0 Å². The van der Waals surface area contributed by atoms with Crippen LogP contribution in [0.15, 0.2) is 59.7 Å². The van der Waals surface area contributed by atoms with E-state index in [1.807, 2.05) is 37.3 Å². The number of hydrogen-bond acceptors (Lipinski definition) is 2. The van der Waals surface area contributed by atoms with E-state index in [2.05, 4.69) is 60.9 Å². The number of hydrogen-bond donors (Lipinski definition) is 2. The van der Waals surface area contributed by atoms with Crippen molar-refractivity contribution in [3.05, 3.63) is 65.7 Å². The van der Waals surface area contributed by atoms with Crippen LogP contribution >= 0.6 is 12.2 Å². The Bertz CT molecular complexity index is 683. The Balaban J connectivity index is 1.98. The standard InChI is InChI=1S/C19H23N3S/c1-14(15-10-12-16(13-11-15)19(2,3)4)21-22-18(23)20-17-8-6-5-7-9-17/h5-13H,1-4H3,(H2,20,22,23). The highest BCUT2D eigenvalue weighted by Crippen LogP contribution is 2.22. The number of thiocarbonyl (C=S) groups is 1. The Labute approximate surface area is 143 Å². The molecule has 0 fully saturated rings. The van der Waals surface area contributed by atoms with Crippen molar-refractivity contribution < 1.29 is 0 Å². The van der Waals surface area contributed by atoms with E-state index in [0.29, 0.717) is 5.11 Å². The summed E-state index contributed by atoms with van der Waals surface area (Å²) in [5.74, 6) is 0. The predicted octanol–water partition coefficient (Wildman–Crippen LogP) is 4.69. The van der Waals surface area contributed by atoms with Crippen LogP contribution in [-0.2, 0) is 5.41 Å². The lowest BCUT2D eigenvalue weighted by Gasteiger charge is -2.19. The maximum atomic E-state index is 5.24. The quantitative estimate of drug-likeness (QED) is 0.488. The van der Waals surface area contributed by atoms with E-state index >= 15 is 0 Å². The summed E-state index contributed by atoms with van der Waals surface area (Å²) in [5.41, 5.74) is 7.25. The van der Waals surface area contributed by atoms with Gasteiger partial charge in [-0.2, -0.15) is 5.10 Å². The molecule has 2 aromatic rings. The first-order chi connectivity index (χ1) is 10.9. The van der Waals surface area contributed by atoms with Crippen LogP contribution in [0.5, 0.6) is 0 Å². The van der Waals surface area contributed by atoms with Crippen LogP contribution in [0, 0.1) is 0 Å². The minimum absolute atomic E-state index is 0.156. The average Bonchev–Trinajstić information content (AvgIpc) is 2.53. The molecule has 2 rings (SSSR count). The maximum Gasteiger partial charge on any atom is 0.191 e. The fourth-order valence-corrected chi connectivity index (χ4v) is 2.25. The number of nitrogens with zero attached hydrogens (tertiary/aromatic N) is 1. The van der Waals surface area contributed by atoms with Gasteiger partial charge in [0.05, 0.1) is 5.71 Å². The topological polar surface area (TPSA) is 36.4 Å². The molecule has 120 valence electrons. The van der Waals surface area contributed by atoms with Gasteiger partial charge in [-0.25, -0.2) is 0 Å². The normalized spacial score (nSPS) is 11.9. The summed E-state index contributed by atoms with van der Waals surface area (Å²) < 4.78 is 0. The van der Waals surface area contributed by atoms with Crippen molar-refractivity contribution in [1.29, 1.82) is 0 Å². The minimum atomic E-state index is 0.156. The van der Waals surface area contributed by atoms with Crippen molar-refractivity contribution in [1.82, 2.24) is 5.43 Å². The first-order valence-electron chi connectivity index (χ1n) is 7.63. The smallest absolute Gasteiger partial charge is 0.191 e. The van der Waals surface area contributed by atoms with Gasteiger partial charge in [-0.3, -0.25) is 5.43 Å². The molecule has 0 radical (unpaired) electrons. The summed E-state index contributed by atoms with van der Waals surface area (Å²) in [5, 5.41) is 7.91. The second kappa shape index (κ2) is 7.38. The zero-order valence-electron chi connectivity index (χ0n) is 14.1. The number of anilines is 1. The number of nitrogens with one attached hydrogen (secondary N) is 2. The largest absolute Gasteiger partial charge is 0.331 e. The Kier molecular flexibility index (Phi) is 5.50. The molecule has 0 saturated heterocycles. The minimum Gasteiger partial charge on any atom is -0.331 e. The van der Waals surface area contributed by atoms with Crippen LogP contribution in [0.4, 0.5) is 5.69 Å². The molecule has 0 aliphatic rings. The van der Waals surface area contributed by atoms with E-state index in [9.17, 15) is 0 Å². The van der Waals surface area contributed by atoms with E-state index in [0.717, 1.165) is 17.0 Å². The van der Waals surface area contributed by atoms with E-state index in [4.69, 9.17) is 12.2 Å². The molecule has 0 aliphatic heterocycles. The Morgan fingerprint density at radius 3 is 2.13 bits per heavy atom. The van der Waals surface area contributed by atoms with Gasteiger partial charge in [0, 0.05) is 5.69 Å². The second-order valence-corrected chi connectivity index (χ2v) is 6.86. The fraction of sp³-hybridized carbons (Fsp3) is 0.263. The van der Waals surface area contributed by atoms with Gasteiger partial charge in [0.2, 0.25) is 0 Å². The van der Waals surface area contributed by atoms with Gasteiger partial charge >= 0.3 is 0 Å². The van der Waals surface area contributed by atoms with Crippen molar-refractivity contribution in [2.45, 2.75) is 33.1 Å². The molecular formula is C19H23N3S. The van der Waals surface area contributed by atoms with Gasteiger partial charge in [-0.15, -0.1) is 0 Å². The van der Waals surface area contributed by atoms with Crippen LogP contribution in [0.25, 0.3) is 0 Å². The molecule has 4 heteroatoms. The Morgan fingerprint density at radius 2 is 1.57 bits per heavy atom. The van der Waals surface area contributed by atoms with Crippen molar-refractivity contribution in [3.8, 4) is 0 Å². The highest BCUT2D eigenvalue weighted by Gasteiger charge is 2.13. The number of benzene rings is 2. The first kappa shape index (κ1) is 17.2. The van der Waals surface area contributed by atoms with Gasteiger partial charge in [0.25, 0.3) is 0 Å². The Morgan fingerprint density at radius 1 is 0.957 bits per heavy atom. The molecule has 0 bridgehead atoms. The zero-order chi connectivity index (χ0) is 16.9. The third-order valence-corrected chi connectivity index (χ3v) is 3.72. The summed E-state index contributed by atoms with van der Waals surface area (Å²) in [4.78, 5) is 0. The SMILES string of the molecule is CC(=NNC(=S)Nc1ccccc1)c1ccc(C(C)(C)C)cc1. The van der Waals surface area contributed by atoms with E-state index in [1.165, 1.54) is 5.56 Å². The lowest BCUT2D eigenvalue weighted by Crippen LogP contribution is -2.24. The molecule has 2 N–H and O–H groups in total. The first-order valence-corrected chi connectivity index (χ1v) is 8.04. The Hall–Kier alpha value is -2.20. The van der Waals surface area contributed by atoms with Gasteiger partial charge in [0.15, 0.2) is 5.11 Å². The lowest BCUT2D eigenvalue weighted by molar-refractivity contribution is 0.590. The van der Waals surface area contributed by atoms with Gasteiger partial charge in [-0.1, -0.05) is 63.2 Å². The molecule has 0 unspecified atom stereocenters. The molecule has 2 aromatic carbocycles. The fourth-order valence-electron chi connectivity index (χ4n) is 2.09. The molecule has 23 heavy (non-hydrogen) atoms. The monoisotopic (exact) mass is 325 g/mol. The molecule has 0 heterocycles. The summed E-state index contributed by atoms with van der Waals surface area (Å²) in [6, 6.07) is 18.3. The van der Waals surface area contributed by atoms with Gasteiger partial charge < -0.3 is 5.32 Å². The third-order valence-electron chi connectivity index (χ3n) is 3.53. The van der Waals surface area contributed by atoms with Gasteiger partial charge in [-0.05, 0) is 47.8 Å². The molecular weight excluding hydrogens is 302 g/mol. The molecule has 0 aromatic heterocycles. The summed E-state index contributed by atoms with van der Waals surface area (Å²) in [7, 11) is 0. The van der Waals surface area contributed by atoms with Crippen LogP contribution in [-0.4, -0.2) is 10.8 Å². The average molecular weight is 325 g/mol. The third kappa shape index (κ3) is 5.18. The highest BCUT2D eigenvalue weighted by molar-refractivity contribution is 7.80. The number of rotatable bonds is 3. The molecule has 0 aliphatic carbocycles. The molecule has 0 saturated carbocycles. The van der Waals surface area contributed by atoms with Crippen molar-refractivity contribution in [2.75, 3.05) is 5.32 Å². The molecule has 0 spiro atoms. The van der Waals surface area contributed by atoms with Gasteiger partial charge in [0.1, 0.15) is 0 Å². The molecule has 0 atom stereocenters. The van der Waals surface area contributed by atoms with Crippen molar-refractivity contribution in [2.24, 2.45) is 5.10 Å². The number of hydrazone groups is 1. The van der Waals surface area contributed by atoms with Crippen LogP contribution in [0.3, 0.4) is 0 Å². The second-order valence-electron chi connectivity index (χ2n) is 6.46. The molecule has 0 amide bonds. The summed E-state index contributed by atoms with van der Waals surface area (Å²) >= 11 is 5.24. The zero-order valence-corrected chi connectivity index (χ0v) is 14.9. The van der Waals surface area contributed by atoms with E-state index in [1.54, 1.807) is 0 Å². The van der Waals surface area contributed by atoms with E-state index in [-0.39, 0.29) is 5.41 Å².